The number of ether oxygens (including phenoxy) is 1. The lowest BCUT2D eigenvalue weighted by Crippen LogP contribution is -2.11. The molecule has 9 heteroatoms. The minimum atomic E-state index is -3.12. The van der Waals surface area contributed by atoms with Gasteiger partial charge in [-0.25, -0.2) is 8.78 Å². The summed E-state index contributed by atoms with van der Waals surface area (Å²) in [6, 6.07) is 0. The van der Waals surface area contributed by atoms with Crippen LogP contribution >= 0.6 is 15.9 Å². The van der Waals surface area contributed by atoms with Crippen LogP contribution in [0.3, 0.4) is 0 Å². The van der Waals surface area contributed by atoms with Crippen LogP contribution in [-0.2, 0) is 16.0 Å². The number of pyridine rings is 1. The number of rotatable bonds is 4. The highest BCUT2D eigenvalue weighted by atomic mass is 79.9. The second kappa shape index (κ2) is 5.80. The fourth-order valence-corrected chi connectivity index (χ4v) is 1.76. The standard InChI is InChI=1S/C9H7BrF2N2O4/c1-18-6(15)2-5-7(9(11)12)8(14(16)17)4(10)3-13-5/h3,9H,2H2,1H3. The molecule has 0 unspecified atom stereocenters. The van der Waals surface area contributed by atoms with Crippen molar-refractivity contribution in [1.29, 1.82) is 0 Å². The van der Waals surface area contributed by atoms with Crippen molar-refractivity contribution in [1.82, 2.24) is 4.98 Å². The molecule has 0 aliphatic rings. The molecule has 0 fully saturated rings. The Bertz CT molecular complexity index is 496. The van der Waals surface area contributed by atoms with Gasteiger partial charge in [-0.15, -0.1) is 0 Å². The zero-order chi connectivity index (χ0) is 13.9. The second-order valence-corrected chi connectivity index (χ2v) is 3.98. The van der Waals surface area contributed by atoms with Gasteiger partial charge in [-0.3, -0.25) is 19.9 Å². The summed E-state index contributed by atoms with van der Waals surface area (Å²) in [6.07, 6.45) is -2.66. The first-order valence-corrected chi connectivity index (χ1v) is 5.34. The molecule has 6 nitrogen and oxygen atoms in total. The molecule has 0 spiro atoms. The van der Waals surface area contributed by atoms with Crippen molar-refractivity contribution in [2.75, 3.05) is 7.11 Å². The molecule has 0 atom stereocenters. The minimum Gasteiger partial charge on any atom is -0.469 e. The van der Waals surface area contributed by atoms with Gasteiger partial charge in [0.1, 0.15) is 10.0 Å². The van der Waals surface area contributed by atoms with E-state index in [2.05, 4.69) is 25.7 Å². The van der Waals surface area contributed by atoms with Crippen molar-refractivity contribution >= 4 is 27.6 Å². The van der Waals surface area contributed by atoms with Crippen molar-refractivity contribution in [2.24, 2.45) is 0 Å². The van der Waals surface area contributed by atoms with E-state index in [4.69, 9.17) is 0 Å². The Morgan fingerprint density at radius 3 is 2.72 bits per heavy atom. The number of nitrogens with zero attached hydrogens (tertiary/aromatic N) is 2. The van der Waals surface area contributed by atoms with Crippen LogP contribution in [-0.4, -0.2) is 23.0 Å². The van der Waals surface area contributed by atoms with Gasteiger partial charge in [0.05, 0.1) is 24.1 Å². The van der Waals surface area contributed by atoms with E-state index in [0.29, 0.717) is 0 Å². The van der Waals surface area contributed by atoms with Gasteiger partial charge in [0, 0.05) is 6.20 Å². The highest BCUT2D eigenvalue weighted by Crippen LogP contribution is 2.36. The van der Waals surface area contributed by atoms with Crippen LogP contribution in [0.1, 0.15) is 17.7 Å². The van der Waals surface area contributed by atoms with Crippen LogP contribution in [0.5, 0.6) is 0 Å². The number of hydrogen-bond acceptors (Lipinski definition) is 5. The summed E-state index contributed by atoms with van der Waals surface area (Å²) in [7, 11) is 1.08. The van der Waals surface area contributed by atoms with Gasteiger partial charge in [-0.05, 0) is 15.9 Å². The van der Waals surface area contributed by atoms with Gasteiger partial charge < -0.3 is 4.74 Å². The van der Waals surface area contributed by atoms with Gasteiger partial charge in [0.15, 0.2) is 0 Å². The maximum absolute atomic E-state index is 12.9. The lowest BCUT2D eigenvalue weighted by Gasteiger charge is -2.08. The Hall–Kier alpha value is -1.64. The zero-order valence-corrected chi connectivity index (χ0v) is 10.6. The number of halogens is 3. The zero-order valence-electron chi connectivity index (χ0n) is 9.02. The molecule has 0 aromatic carbocycles. The van der Waals surface area contributed by atoms with Gasteiger partial charge >= 0.3 is 5.97 Å². The van der Waals surface area contributed by atoms with E-state index >= 15 is 0 Å². The molecule has 1 heterocycles. The lowest BCUT2D eigenvalue weighted by molar-refractivity contribution is -0.387. The first kappa shape index (κ1) is 14.4. The topological polar surface area (TPSA) is 82.3 Å². The summed E-state index contributed by atoms with van der Waals surface area (Å²) in [4.78, 5) is 24.4. The number of carbonyl (C=O) groups is 1. The monoisotopic (exact) mass is 324 g/mol. The quantitative estimate of drug-likeness (QED) is 0.482. The summed E-state index contributed by atoms with van der Waals surface area (Å²) in [5, 5.41) is 10.8. The van der Waals surface area contributed by atoms with Crippen LogP contribution < -0.4 is 0 Å². The Labute approximate surface area is 108 Å². The molecule has 0 bridgehead atoms. The summed E-state index contributed by atoms with van der Waals surface area (Å²) >= 11 is 2.78. The molecular formula is C9H7BrF2N2O4. The molecule has 0 saturated carbocycles. The van der Waals surface area contributed by atoms with Crippen molar-refractivity contribution in [3.05, 3.63) is 32.0 Å². The highest BCUT2D eigenvalue weighted by Gasteiger charge is 2.30. The van der Waals surface area contributed by atoms with Crippen molar-refractivity contribution in [3.63, 3.8) is 0 Å². The number of esters is 1. The Morgan fingerprint density at radius 1 is 1.67 bits per heavy atom. The number of hydrogen-bond donors (Lipinski definition) is 0. The molecular weight excluding hydrogens is 318 g/mol. The van der Waals surface area contributed by atoms with Gasteiger partial charge in [0.2, 0.25) is 0 Å². The van der Waals surface area contributed by atoms with E-state index < -0.39 is 35.0 Å². The van der Waals surface area contributed by atoms with E-state index in [1.165, 1.54) is 0 Å². The van der Waals surface area contributed by atoms with Crippen LogP contribution in [0, 0.1) is 10.1 Å². The highest BCUT2D eigenvalue weighted by molar-refractivity contribution is 9.10. The molecule has 0 amide bonds. The van der Waals surface area contributed by atoms with E-state index in [0.717, 1.165) is 13.3 Å². The third kappa shape index (κ3) is 2.97. The molecule has 18 heavy (non-hydrogen) atoms. The van der Waals surface area contributed by atoms with Crippen molar-refractivity contribution in [2.45, 2.75) is 12.8 Å². The molecule has 98 valence electrons. The molecule has 1 aromatic heterocycles. The van der Waals surface area contributed by atoms with Crippen LogP contribution in [0.25, 0.3) is 0 Å². The average molecular weight is 325 g/mol. The first-order valence-electron chi connectivity index (χ1n) is 4.55. The van der Waals surface area contributed by atoms with Crippen LogP contribution in [0.4, 0.5) is 14.5 Å². The van der Waals surface area contributed by atoms with Crippen LogP contribution in [0.15, 0.2) is 10.7 Å². The minimum absolute atomic E-state index is 0.170. The lowest BCUT2D eigenvalue weighted by atomic mass is 10.1. The Balaban J connectivity index is 3.39. The summed E-state index contributed by atoms with van der Waals surface area (Å²) in [5.74, 6) is -0.805. The summed E-state index contributed by atoms with van der Waals surface area (Å²) in [6.45, 7) is 0. The van der Waals surface area contributed by atoms with Crippen LogP contribution in [0.2, 0.25) is 0 Å². The SMILES string of the molecule is COC(=O)Cc1ncc(Br)c([N+](=O)[O-])c1C(F)F. The molecule has 0 aliphatic heterocycles. The van der Waals surface area contributed by atoms with E-state index in [1.807, 2.05) is 0 Å². The fraction of sp³-hybridized carbons (Fsp3) is 0.333. The molecule has 0 aliphatic carbocycles. The molecule has 0 radical (unpaired) electrons. The van der Waals surface area contributed by atoms with Gasteiger partial charge in [0.25, 0.3) is 12.1 Å². The Morgan fingerprint density at radius 2 is 2.28 bits per heavy atom. The maximum Gasteiger partial charge on any atom is 0.311 e. The number of alkyl halides is 2. The molecule has 1 aromatic rings. The van der Waals surface area contributed by atoms with E-state index in [1.54, 1.807) is 0 Å². The first-order chi connectivity index (χ1) is 8.38. The fourth-order valence-electron chi connectivity index (χ4n) is 1.30. The van der Waals surface area contributed by atoms with Gasteiger partial charge in [-0.1, -0.05) is 0 Å². The van der Waals surface area contributed by atoms with E-state index in [9.17, 15) is 23.7 Å². The number of methoxy groups -OCH3 is 1. The number of nitro groups is 1. The Kier molecular flexibility index (Phi) is 4.65. The smallest absolute Gasteiger partial charge is 0.311 e. The predicted molar refractivity (Wildman–Crippen MR) is 59.3 cm³/mol. The summed E-state index contributed by atoms with van der Waals surface area (Å²) < 4.78 is 29.9. The third-order valence-corrected chi connectivity index (χ3v) is 2.65. The number of carbonyl (C=O) groups excluding carboxylic acids is 1. The predicted octanol–water partition coefficient (Wildman–Crippen LogP) is 2.41. The summed E-state index contributed by atoms with van der Waals surface area (Å²) in [5.41, 5.74) is -2.04. The third-order valence-electron chi connectivity index (χ3n) is 2.07. The number of aromatic nitrogens is 1. The molecule has 0 saturated heterocycles. The normalized spacial score (nSPS) is 10.5. The largest absolute Gasteiger partial charge is 0.469 e. The second-order valence-electron chi connectivity index (χ2n) is 3.13. The van der Waals surface area contributed by atoms with Gasteiger partial charge in [-0.2, -0.15) is 0 Å². The molecule has 0 N–H and O–H groups in total. The van der Waals surface area contributed by atoms with Crippen molar-refractivity contribution in [3.8, 4) is 0 Å². The average Bonchev–Trinajstić information content (AvgIpc) is 2.29. The van der Waals surface area contributed by atoms with Crippen molar-refractivity contribution < 1.29 is 23.2 Å². The molecule has 1 rings (SSSR count). The van der Waals surface area contributed by atoms with E-state index in [-0.39, 0.29) is 10.2 Å². The maximum atomic E-state index is 12.9.